The van der Waals surface area contributed by atoms with Crippen LogP contribution in [0, 0.1) is 6.92 Å². The molecule has 0 unspecified atom stereocenters. The average Bonchev–Trinajstić information content (AvgIpc) is 2.45. The van der Waals surface area contributed by atoms with Crippen LogP contribution in [0.5, 0.6) is 5.75 Å². The number of nitrogens with one attached hydrogen (secondary N) is 1. The van der Waals surface area contributed by atoms with Crippen molar-refractivity contribution in [1.82, 2.24) is 15.0 Å². The van der Waals surface area contributed by atoms with E-state index in [0.717, 1.165) is 28.1 Å². The van der Waals surface area contributed by atoms with E-state index < -0.39 is 0 Å². The third-order valence-corrected chi connectivity index (χ3v) is 3.02. The zero-order valence-corrected chi connectivity index (χ0v) is 11.0. The lowest BCUT2D eigenvalue weighted by Crippen LogP contribution is -2.04. The van der Waals surface area contributed by atoms with E-state index >= 15 is 0 Å². The van der Waals surface area contributed by atoms with Crippen LogP contribution in [0.1, 0.15) is 11.5 Å². The molecule has 0 fully saturated rings. The molecule has 3 rings (SSSR count). The van der Waals surface area contributed by atoms with E-state index in [0.29, 0.717) is 6.54 Å². The Bertz CT molecular complexity index is 758. The van der Waals surface area contributed by atoms with Gasteiger partial charge in [-0.15, -0.1) is 0 Å². The molecule has 0 aliphatic carbocycles. The first-order valence-electron chi connectivity index (χ1n) is 6.32. The molecular formula is C15H14N4O. The van der Waals surface area contributed by atoms with Gasteiger partial charge in [0.1, 0.15) is 17.4 Å². The van der Waals surface area contributed by atoms with Crippen molar-refractivity contribution in [3.05, 3.63) is 54.2 Å². The van der Waals surface area contributed by atoms with Crippen molar-refractivity contribution in [3.8, 4) is 5.75 Å². The Morgan fingerprint density at radius 2 is 1.95 bits per heavy atom. The normalized spacial score (nSPS) is 10.7. The second-order valence-electron chi connectivity index (χ2n) is 4.51. The van der Waals surface area contributed by atoms with Crippen LogP contribution < -0.4 is 5.32 Å². The second-order valence-corrected chi connectivity index (χ2v) is 4.51. The molecule has 0 amide bonds. The maximum atomic E-state index is 9.60. The van der Waals surface area contributed by atoms with Crippen molar-refractivity contribution >= 4 is 16.6 Å². The van der Waals surface area contributed by atoms with Gasteiger partial charge in [0, 0.05) is 17.8 Å². The van der Waals surface area contributed by atoms with E-state index in [-0.39, 0.29) is 5.75 Å². The maximum Gasteiger partial charge on any atom is 0.134 e. The first-order valence-corrected chi connectivity index (χ1v) is 6.32. The highest BCUT2D eigenvalue weighted by Gasteiger charge is 2.04. The topological polar surface area (TPSA) is 70.9 Å². The van der Waals surface area contributed by atoms with Crippen LogP contribution in [0.3, 0.4) is 0 Å². The van der Waals surface area contributed by atoms with Gasteiger partial charge < -0.3 is 10.4 Å². The quantitative estimate of drug-likeness (QED) is 0.762. The number of aryl methyl sites for hydroxylation is 1. The van der Waals surface area contributed by atoms with E-state index in [9.17, 15) is 5.11 Å². The molecule has 0 radical (unpaired) electrons. The summed E-state index contributed by atoms with van der Waals surface area (Å²) in [6.07, 6.45) is 3.48. The summed E-state index contributed by atoms with van der Waals surface area (Å²) in [7, 11) is 0. The Balaban J connectivity index is 1.89. The predicted molar refractivity (Wildman–Crippen MR) is 77.5 cm³/mol. The largest absolute Gasteiger partial charge is 0.508 e. The molecule has 20 heavy (non-hydrogen) atoms. The third-order valence-electron chi connectivity index (χ3n) is 3.02. The second kappa shape index (κ2) is 5.13. The first-order chi connectivity index (χ1) is 9.72. The van der Waals surface area contributed by atoms with Crippen molar-refractivity contribution in [2.45, 2.75) is 13.5 Å². The zero-order valence-electron chi connectivity index (χ0n) is 11.0. The Labute approximate surface area is 116 Å². The molecule has 0 aliphatic rings. The minimum atomic E-state index is 0.228. The minimum Gasteiger partial charge on any atom is -0.508 e. The van der Waals surface area contributed by atoms with Crippen LogP contribution in [-0.4, -0.2) is 20.1 Å². The molecule has 0 atom stereocenters. The van der Waals surface area contributed by atoms with Gasteiger partial charge in [0.25, 0.3) is 0 Å². The molecule has 2 N–H and O–H groups in total. The molecule has 2 aromatic heterocycles. The summed E-state index contributed by atoms with van der Waals surface area (Å²) in [6.45, 7) is 2.42. The number of hydrogen-bond donors (Lipinski definition) is 2. The van der Waals surface area contributed by atoms with Crippen LogP contribution >= 0.6 is 0 Å². The molecule has 100 valence electrons. The summed E-state index contributed by atoms with van der Waals surface area (Å²) >= 11 is 0. The van der Waals surface area contributed by atoms with Crippen LogP contribution in [0.2, 0.25) is 0 Å². The van der Waals surface area contributed by atoms with Crippen LogP contribution in [-0.2, 0) is 6.54 Å². The van der Waals surface area contributed by atoms with Crippen molar-refractivity contribution in [1.29, 1.82) is 0 Å². The lowest BCUT2D eigenvalue weighted by Gasteiger charge is -2.09. The number of anilines is 1. The van der Waals surface area contributed by atoms with E-state index in [2.05, 4.69) is 20.3 Å². The zero-order chi connectivity index (χ0) is 13.9. The summed E-state index contributed by atoms with van der Waals surface area (Å²) in [6, 6.07) is 9.01. The number of pyridine rings is 1. The van der Waals surface area contributed by atoms with Crippen LogP contribution in [0.15, 0.2) is 42.7 Å². The SMILES string of the molecule is Cc1nccc(CNc2nccc3ccc(O)cc23)n1. The van der Waals surface area contributed by atoms with Gasteiger partial charge in [-0.25, -0.2) is 15.0 Å². The molecule has 0 saturated carbocycles. The van der Waals surface area contributed by atoms with Crippen molar-refractivity contribution in [2.75, 3.05) is 5.32 Å². The Morgan fingerprint density at radius 1 is 1.10 bits per heavy atom. The lowest BCUT2D eigenvalue weighted by molar-refractivity contribution is 0.476. The van der Waals surface area contributed by atoms with E-state index in [4.69, 9.17) is 0 Å². The summed E-state index contributed by atoms with van der Waals surface area (Å²) in [5.74, 6) is 1.70. The number of aromatic nitrogens is 3. The van der Waals surface area contributed by atoms with Gasteiger partial charge in [-0.05, 0) is 36.6 Å². The standard InChI is InChI=1S/C15H14N4O/c1-10-16-7-5-12(19-10)9-18-15-14-8-13(20)3-2-11(14)4-6-17-15/h2-8,20H,9H2,1H3,(H,17,18). The monoisotopic (exact) mass is 266 g/mol. The maximum absolute atomic E-state index is 9.60. The molecular weight excluding hydrogens is 252 g/mol. The summed E-state index contributed by atoms with van der Waals surface area (Å²) in [5, 5.41) is 14.8. The predicted octanol–water partition coefficient (Wildman–Crippen LogP) is 2.65. The highest BCUT2D eigenvalue weighted by molar-refractivity contribution is 5.92. The van der Waals surface area contributed by atoms with Gasteiger partial charge in [0.15, 0.2) is 0 Å². The highest BCUT2D eigenvalue weighted by Crippen LogP contribution is 2.25. The third kappa shape index (κ3) is 2.51. The van der Waals surface area contributed by atoms with Gasteiger partial charge in [-0.3, -0.25) is 0 Å². The Kier molecular flexibility index (Phi) is 3.16. The number of fused-ring (bicyclic) bond motifs is 1. The fourth-order valence-electron chi connectivity index (χ4n) is 2.08. The van der Waals surface area contributed by atoms with Crippen molar-refractivity contribution in [3.63, 3.8) is 0 Å². The number of phenolic OH excluding ortho intramolecular Hbond substituents is 1. The Hall–Kier alpha value is -2.69. The molecule has 0 aliphatic heterocycles. The fourth-order valence-corrected chi connectivity index (χ4v) is 2.08. The number of aromatic hydroxyl groups is 1. The molecule has 3 aromatic rings. The highest BCUT2D eigenvalue weighted by atomic mass is 16.3. The number of rotatable bonds is 3. The lowest BCUT2D eigenvalue weighted by atomic mass is 10.1. The number of phenols is 1. The first kappa shape index (κ1) is 12.3. The molecule has 5 heteroatoms. The number of benzene rings is 1. The van der Waals surface area contributed by atoms with Crippen LogP contribution in [0.4, 0.5) is 5.82 Å². The van der Waals surface area contributed by atoms with Crippen molar-refractivity contribution in [2.24, 2.45) is 0 Å². The van der Waals surface area contributed by atoms with Gasteiger partial charge in [0.2, 0.25) is 0 Å². The van der Waals surface area contributed by atoms with Gasteiger partial charge in [-0.1, -0.05) is 6.07 Å². The van der Waals surface area contributed by atoms with Gasteiger partial charge >= 0.3 is 0 Å². The van der Waals surface area contributed by atoms with E-state index in [1.807, 2.05) is 25.1 Å². The van der Waals surface area contributed by atoms with Crippen LogP contribution in [0.25, 0.3) is 10.8 Å². The molecule has 0 bridgehead atoms. The fraction of sp³-hybridized carbons (Fsp3) is 0.133. The Morgan fingerprint density at radius 3 is 2.80 bits per heavy atom. The van der Waals surface area contributed by atoms with Crippen molar-refractivity contribution < 1.29 is 5.11 Å². The minimum absolute atomic E-state index is 0.228. The smallest absolute Gasteiger partial charge is 0.134 e. The van der Waals surface area contributed by atoms with Gasteiger partial charge in [-0.2, -0.15) is 0 Å². The molecule has 2 heterocycles. The summed E-state index contributed by atoms with van der Waals surface area (Å²) < 4.78 is 0. The average molecular weight is 266 g/mol. The molecule has 0 saturated heterocycles. The molecule has 1 aromatic carbocycles. The number of hydrogen-bond acceptors (Lipinski definition) is 5. The molecule has 0 spiro atoms. The van der Waals surface area contributed by atoms with E-state index in [1.165, 1.54) is 0 Å². The summed E-state index contributed by atoms with van der Waals surface area (Å²) in [5.41, 5.74) is 0.899. The van der Waals surface area contributed by atoms with Gasteiger partial charge in [0.05, 0.1) is 12.2 Å². The molecule has 5 nitrogen and oxygen atoms in total. The number of nitrogens with zero attached hydrogens (tertiary/aromatic N) is 3. The van der Waals surface area contributed by atoms with E-state index in [1.54, 1.807) is 24.5 Å². The summed E-state index contributed by atoms with van der Waals surface area (Å²) in [4.78, 5) is 12.7.